The predicted octanol–water partition coefficient (Wildman–Crippen LogP) is 2.98. The van der Waals surface area contributed by atoms with Crippen LogP contribution >= 0.6 is 24.0 Å². The summed E-state index contributed by atoms with van der Waals surface area (Å²) in [4.78, 5) is 18.9. The molecule has 5 nitrogen and oxygen atoms in total. The highest BCUT2D eigenvalue weighted by Gasteiger charge is 2.26. The number of carbonyl (C=O) groups excluding carboxylic acids is 1. The number of hydrogen-bond donors (Lipinski definition) is 2. The van der Waals surface area contributed by atoms with E-state index < -0.39 is 0 Å². The van der Waals surface area contributed by atoms with Crippen molar-refractivity contribution < 1.29 is 4.79 Å². The van der Waals surface area contributed by atoms with E-state index in [2.05, 4.69) is 26.6 Å². The van der Waals surface area contributed by atoms with Gasteiger partial charge in [-0.1, -0.05) is 35.9 Å². The lowest BCUT2D eigenvalue weighted by molar-refractivity contribution is -0.123. The number of carbonyl (C=O) groups is 1. The SMILES string of the molecule is CC(NC(=O)CN1CCNCC1c1cccnc1)c1ccccc1Cl.Cl. The minimum absolute atomic E-state index is 0. The van der Waals surface area contributed by atoms with E-state index >= 15 is 0 Å². The summed E-state index contributed by atoms with van der Waals surface area (Å²) in [6.07, 6.45) is 3.64. The first-order chi connectivity index (χ1) is 12.1. The van der Waals surface area contributed by atoms with Crippen molar-refractivity contribution in [2.24, 2.45) is 0 Å². The summed E-state index contributed by atoms with van der Waals surface area (Å²) in [6.45, 7) is 4.84. The highest BCUT2D eigenvalue weighted by atomic mass is 35.5. The molecule has 1 aliphatic heterocycles. The molecule has 0 radical (unpaired) electrons. The fourth-order valence-electron chi connectivity index (χ4n) is 3.21. The average molecular weight is 395 g/mol. The molecular weight excluding hydrogens is 371 g/mol. The first kappa shape index (κ1) is 20.6. The molecule has 1 aliphatic rings. The van der Waals surface area contributed by atoms with Crippen LogP contribution in [-0.2, 0) is 4.79 Å². The van der Waals surface area contributed by atoms with Crippen molar-refractivity contribution in [2.45, 2.75) is 19.0 Å². The van der Waals surface area contributed by atoms with E-state index in [1.165, 1.54) is 0 Å². The van der Waals surface area contributed by atoms with Crippen LogP contribution in [0.1, 0.15) is 30.1 Å². The topological polar surface area (TPSA) is 57.3 Å². The Balaban J connectivity index is 0.00000243. The van der Waals surface area contributed by atoms with E-state index in [0.717, 1.165) is 30.8 Å². The monoisotopic (exact) mass is 394 g/mol. The largest absolute Gasteiger partial charge is 0.348 e. The van der Waals surface area contributed by atoms with Crippen LogP contribution < -0.4 is 10.6 Å². The molecule has 0 aliphatic carbocycles. The van der Waals surface area contributed by atoms with E-state index in [4.69, 9.17) is 11.6 Å². The summed E-state index contributed by atoms with van der Waals surface area (Å²) >= 11 is 6.22. The quantitative estimate of drug-likeness (QED) is 0.818. The Bertz CT molecular complexity index is 714. The van der Waals surface area contributed by atoms with Crippen LogP contribution in [0.15, 0.2) is 48.8 Å². The van der Waals surface area contributed by atoms with Gasteiger partial charge in [-0.15, -0.1) is 12.4 Å². The molecule has 0 saturated carbocycles. The van der Waals surface area contributed by atoms with Crippen LogP contribution in [0, 0.1) is 0 Å². The van der Waals surface area contributed by atoms with Gasteiger partial charge in [0.1, 0.15) is 0 Å². The summed E-state index contributed by atoms with van der Waals surface area (Å²) in [5, 5.41) is 7.12. The lowest BCUT2D eigenvalue weighted by Crippen LogP contribution is -2.49. The Kier molecular flexibility index (Phi) is 7.85. The number of nitrogens with one attached hydrogen (secondary N) is 2. The van der Waals surface area contributed by atoms with Crippen molar-refractivity contribution in [3.63, 3.8) is 0 Å². The van der Waals surface area contributed by atoms with Crippen LogP contribution in [0.25, 0.3) is 0 Å². The maximum Gasteiger partial charge on any atom is 0.234 e. The molecule has 1 aromatic heterocycles. The van der Waals surface area contributed by atoms with E-state index in [1.807, 2.05) is 43.5 Å². The molecule has 2 heterocycles. The number of hydrogen-bond acceptors (Lipinski definition) is 4. The average Bonchev–Trinajstić information content (AvgIpc) is 2.63. The zero-order chi connectivity index (χ0) is 17.6. The van der Waals surface area contributed by atoms with Gasteiger partial charge in [0.2, 0.25) is 5.91 Å². The highest BCUT2D eigenvalue weighted by Crippen LogP contribution is 2.23. The van der Waals surface area contributed by atoms with Crippen LogP contribution in [0.3, 0.4) is 0 Å². The van der Waals surface area contributed by atoms with Gasteiger partial charge in [0.05, 0.1) is 12.6 Å². The standard InChI is InChI=1S/C19H23ClN4O.ClH/c1-14(16-6-2-3-7-17(16)20)23-19(25)13-24-10-9-22-12-18(24)15-5-4-8-21-11-15;/h2-8,11,14,18,22H,9-10,12-13H2,1H3,(H,23,25);1H. The molecule has 1 fully saturated rings. The Hall–Kier alpha value is -1.66. The molecule has 140 valence electrons. The summed E-state index contributed by atoms with van der Waals surface area (Å²) in [6, 6.07) is 11.6. The van der Waals surface area contributed by atoms with Gasteiger partial charge < -0.3 is 10.6 Å². The van der Waals surface area contributed by atoms with E-state index in [1.54, 1.807) is 6.20 Å². The molecule has 1 aromatic carbocycles. The van der Waals surface area contributed by atoms with Crippen molar-refractivity contribution in [1.82, 2.24) is 20.5 Å². The van der Waals surface area contributed by atoms with E-state index in [9.17, 15) is 4.79 Å². The van der Waals surface area contributed by atoms with E-state index in [-0.39, 0.29) is 30.4 Å². The highest BCUT2D eigenvalue weighted by molar-refractivity contribution is 6.31. The third-order valence-electron chi connectivity index (χ3n) is 4.52. The number of halogens is 2. The van der Waals surface area contributed by atoms with Crippen molar-refractivity contribution in [3.8, 4) is 0 Å². The second kappa shape index (κ2) is 9.88. The molecule has 2 unspecified atom stereocenters. The molecule has 26 heavy (non-hydrogen) atoms. The van der Waals surface area contributed by atoms with Crippen molar-refractivity contribution in [3.05, 3.63) is 64.9 Å². The van der Waals surface area contributed by atoms with Gasteiger partial charge in [-0.05, 0) is 30.2 Å². The Morgan fingerprint density at radius 3 is 2.92 bits per heavy atom. The fraction of sp³-hybridized carbons (Fsp3) is 0.368. The minimum Gasteiger partial charge on any atom is -0.348 e. The second-order valence-corrected chi connectivity index (χ2v) is 6.69. The normalized spacial score (nSPS) is 18.6. The second-order valence-electron chi connectivity index (χ2n) is 6.29. The molecule has 0 spiro atoms. The number of piperazine rings is 1. The maximum atomic E-state index is 12.6. The van der Waals surface area contributed by atoms with Crippen molar-refractivity contribution in [2.75, 3.05) is 26.2 Å². The summed E-state index contributed by atoms with van der Waals surface area (Å²) in [7, 11) is 0. The molecule has 0 bridgehead atoms. The van der Waals surface area contributed by atoms with Gasteiger partial charge in [-0.2, -0.15) is 0 Å². The number of rotatable bonds is 5. The van der Waals surface area contributed by atoms with Crippen LogP contribution in [0.5, 0.6) is 0 Å². The number of benzene rings is 1. The first-order valence-electron chi connectivity index (χ1n) is 8.53. The molecule has 2 atom stereocenters. The van der Waals surface area contributed by atoms with Gasteiger partial charge in [0, 0.05) is 43.1 Å². The number of pyridine rings is 1. The number of amides is 1. The third kappa shape index (κ3) is 5.17. The minimum atomic E-state index is -0.124. The number of aromatic nitrogens is 1. The van der Waals surface area contributed by atoms with Crippen molar-refractivity contribution in [1.29, 1.82) is 0 Å². The molecule has 3 rings (SSSR count). The summed E-state index contributed by atoms with van der Waals surface area (Å²) in [5.74, 6) is 0.00297. The third-order valence-corrected chi connectivity index (χ3v) is 4.86. The Labute approximate surface area is 165 Å². The van der Waals surface area contributed by atoms with E-state index in [0.29, 0.717) is 11.6 Å². The van der Waals surface area contributed by atoms with Gasteiger partial charge in [-0.3, -0.25) is 14.7 Å². The van der Waals surface area contributed by atoms with Crippen LogP contribution in [0.2, 0.25) is 5.02 Å². The van der Waals surface area contributed by atoms with Gasteiger partial charge in [-0.25, -0.2) is 0 Å². The maximum absolute atomic E-state index is 12.6. The van der Waals surface area contributed by atoms with Crippen LogP contribution in [0.4, 0.5) is 0 Å². The van der Waals surface area contributed by atoms with Crippen molar-refractivity contribution >= 4 is 29.9 Å². The lowest BCUT2D eigenvalue weighted by Gasteiger charge is -2.36. The smallest absolute Gasteiger partial charge is 0.234 e. The molecular formula is C19H24Cl2N4O. The predicted molar refractivity (Wildman–Crippen MR) is 107 cm³/mol. The summed E-state index contributed by atoms with van der Waals surface area (Å²) < 4.78 is 0. The lowest BCUT2D eigenvalue weighted by atomic mass is 10.1. The van der Waals surface area contributed by atoms with Gasteiger partial charge in [0.15, 0.2) is 0 Å². The molecule has 1 saturated heterocycles. The molecule has 2 aromatic rings. The van der Waals surface area contributed by atoms with Crippen LogP contribution in [-0.4, -0.2) is 42.0 Å². The fourth-order valence-corrected chi connectivity index (χ4v) is 3.51. The first-order valence-corrected chi connectivity index (χ1v) is 8.91. The molecule has 2 N–H and O–H groups in total. The van der Waals surface area contributed by atoms with Gasteiger partial charge >= 0.3 is 0 Å². The Morgan fingerprint density at radius 2 is 2.19 bits per heavy atom. The molecule has 7 heteroatoms. The zero-order valence-corrected chi connectivity index (χ0v) is 16.3. The summed E-state index contributed by atoms with van der Waals surface area (Å²) in [5.41, 5.74) is 2.06. The van der Waals surface area contributed by atoms with Gasteiger partial charge in [0.25, 0.3) is 0 Å². The molecule has 1 amide bonds. The number of nitrogens with zero attached hydrogens (tertiary/aromatic N) is 2. The zero-order valence-electron chi connectivity index (χ0n) is 14.7. The Morgan fingerprint density at radius 1 is 1.38 bits per heavy atom.